The Morgan fingerprint density at radius 2 is 2.36 bits per heavy atom. The van der Waals surface area contributed by atoms with Crippen LogP contribution in [0.2, 0.25) is 0 Å². The molecule has 1 aromatic heterocycles. The molecule has 0 saturated carbocycles. The molecule has 0 bridgehead atoms. The largest absolute Gasteiger partial charge is 0.464 e. The summed E-state index contributed by atoms with van der Waals surface area (Å²) in [6, 6.07) is 5.04. The van der Waals surface area contributed by atoms with Gasteiger partial charge in [-0.2, -0.15) is 0 Å². The van der Waals surface area contributed by atoms with Crippen molar-refractivity contribution in [2.45, 2.75) is 19.4 Å². The normalized spacial score (nSPS) is 12.2. The second kappa shape index (κ2) is 4.72. The van der Waals surface area contributed by atoms with Gasteiger partial charge in [0.15, 0.2) is 0 Å². The van der Waals surface area contributed by atoms with E-state index in [2.05, 4.69) is 9.72 Å². The molecule has 0 unspecified atom stereocenters. The van der Waals surface area contributed by atoms with E-state index in [1.54, 1.807) is 18.2 Å². The number of methoxy groups -OCH3 is 1. The highest BCUT2D eigenvalue weighted by atomic mass is 16.5. The molecule has 4 nitrogen and oxygen atoms in total. The smallest absolute Gasteiger partial charge is 0.356 e. The van der Waals surface area contributed by atoms with Crippen LogP contribution in [0.25, 0.3) is 0 Å². The third kappa shape index (κ3) is 2.29. The van der Waals surface area contributed by atoms with E-state index in [0.717, 1.165) is 12.1 Å². The van der Waals surface area contributed by atoms with Crippen LogP contribution in [0, 0.1) is 0 Å². The van der Waals surface area contributed by atoms with Crippen molar-refractivity contribution in [2.24, 2.45) is 5.73 Å². The Kier molecular flexibility index (Phi) is 3.59. The minimum Gasteiger partial charge on any atom is -0.464 e. The summed E-state index contributed by atoms with van der Waals surface area (Å²) in [7, 11) is 1.33. The lowest BCUT2D eigenvalue weighted by Crippen LogP contribution is -2.13. The summed E-state index contributed by atoms with van der Waals surface area (Å²) in [6.45, 7) is 1.97. The molecule has 0 aromatic carbocycles. The monoisotopic (exact) mass is 194 g/mol. The number of nitrogens with two attached hydrogens (primary N) is 1. The topological polar surface area (TPSA) is 65.2 Å². The van der Waals surface area contributed by atoms with Crippen molar-refractivity contribution in [2.75, 3.05) is 7.11 Å². The molecule has 0 saturated heterocycles. The van der Waals surface area contributed by atoms with Gasteiger partial charge >= 0.3 is 5.97 Å². The van der Waals surface area contributed by atoms with E-state index in [4.69, 9.17) is 5.73 Å². The van der Waals surface area contributed by atoms with Gasteiger partial charge in [0, 0.05) is 6.04 Å². The quantitative estimate of drug-likeness (QED) is 0.736. The molecule has 1 rings (SSSR count). The van der Waals surface area contributed by atoms with Gasteiger partial charge in [0.25, 0.3) is 0 Å². The Morgan fingerprint density at radius 1 is 1.64 bits per heavy atom. The van der Waals surface area contributed by atoms with E-state index in [1.807, 2.05) is 6.92 Å². The molecular weight excluding hydrogens is 180 g/mol. The SMILES string of the molecule is CC[C@@H](N)c1cccc(C(=O)OC)n1. The van der Waals surface area contributed by atoms with Crippen LogP contribution in [0.1, 0.15) is 35.6 Å². The van der Waals surface area contributed by atoms with Crippen LogP contribution in [-0.4, -0.2) is 18.1 Å². The highest BCUT2D eigenvalue weighted by Gasteiger charge is 2.10. The lowest BCUT2D eigenvalue weighted by molar-refractivity contribution is 0.0593. The van der Waals surface area contributed by atoms with Gasteiger partial charge in [-0.3, -0.25) is 0 Å². The first-order valence-electron chi connectivity index (χ1n) is 4.50. The number of hydrogen-bond donors (Lipinski definition) is 1. The number of esters is 1. The van der Waals surface area contributed by atoms with Crippen LogP contribution in [-0.2, 0) is 4.74 Å². The zero-order chi connectivity index (χ0) is 10.6. The third-order valence-electron chi connectivity index (χ3n) is 1.98. The zero-order valence-corrected chi connectivity index (χ0v) is 8.36. The van der Waals surface area contributed by atoms with Crippen molar-refractivity contribution in [1.82, 2.24) is 4.98 Å². The molecule has 0 fully saturated rings. The van der Waals surface area contributed by atoms with Crippen LogP contribution < -0.4 is 5.73 Å². The molecule has 0 aliphatic rings. The number of rotatable bonds is 3. The van der Waals surface area contributed by atoms with Crippen molar-refractivity contribution in [3.63, 3.8) is 0 Å². The Hall–Kier alpha value is -1.42. The summed E-state index contributed by atoms with van der Waals surface area (Å²) in [4.78, 5) is 15.3. The van der Waals surface area contributed by atoms with Gasteiger partial charge in [-0.1, -0.05) is 13.0 Å². The van der Waals surface area contributed by atoms with Gasteiger partial charge in [0.05, 0.1) is 12.8 Å². The molecule has 0 aliphatic carbocycles. The van der Waals surface area contributed by atoms with Crippen LogP contribution in [0.15, 0.2) is 18.2 Å². The van der Waals surface area contributed by atoms with Crippen molar-refractivity contribution in [3.05, 3.63) is 29.6 Å². The molecule has 14 heavy (non-hydrogen) atoms. The van der Waals surface area contributed by atoms with Crippen molar-refractivity contribution >= 4 is 5.97 Å². The maximum atomic E-state index is 11.2. The zero-order valence-electron chi connectivity index (χ0n) is 8.36. The minimum absolute atomic E-state index is 0.125. The molecule has 1 atom stereocenters. The van der Waals surface area contributed by atoms with Gasteiger partial charge in [-0.25, -0.2) is 9.78 Å². The molecule has 0 aliphatic heterocycles. The van der Waals surface area contributed by atoms with E-state index >= 15 is 0 Å². The number of hydrogen-bond acceptors (Lipinski definition) is 4. The number of carbonyl (C=O) groups excluding carboxylic acids is 1. The van der Waals surface area contributed by atoms with Crippen molar-refractivity contribution in [3.8, 4) is 0 Å². The van der Waals surface area contributed by atoms with Gasteiger partial charge in [0.2, 0.25) is 0 Å². The van der Waals surface area contributed by atoms with E-state index in [0.29, 0.717) is 5.69 Å². The Labute approximate surface area is 83.1 Å². The molecule has 4 heteroatoms. The maximum Gasteiger partial charge on any atom is 0.356 e. The van der Waals surface area contributed by atoms with Crippen LogP contribution in [0.4, 0.5) is 0 Å². The van der Waals surface area contributed by atoms with Gasteiger partial charge in [-0.05, 0) is 18.6 Å². The Bertz CT molecular complexity index is 326. The van der Waals surface area contributed by atoms with Gasteiger partial charge < -0.3 is 10.5 Å². The first-order valence-corrected chi connectivity index (χ1v) is 4.50. The van der Waals surface area contributed by atoms with Crippen LogP contribution in [0.5, 0.6) is 0 Å². The summed E-state index contributed by atoms with van der Waals surface area (Å²) in [5.74, 6) is -0.435. The van der Waals surface area contributed by atoms with Crippen molar-refractivity contribution < 1.29 is 9.53 Å². The molecule has 0 amide bonds. The molecule has 0 radical (unpaired) electrons. The predicted molar refractivity (Wildman–Crippen MR) is 52.8 cm³/mol. The second-order valence-electron chi connectivity index (χ2n) is 2.95. The summed E-state index contributed by atoms with van der Waals surface area (Å²) in [5, 5.41) is 0. The fourth-order valence-corrected chi connectivity index (χ4v) is 1.09. The van der Waals surface area contributed by atoms with Crippen LogP contribution in [0.3, 0.4) is 0 Å². The second-order valence-corrected chi connectivity index (χ2v) is 2.95. The number of aromatic nitrogens is 1. The van der Waals surface area contributed by atoms with Gasteiger partial charge in [0.1, 0.15) is 5.69 Å². The average molecular weight is 194 g/mol. The fraction of sp³-hybridized carbons (Fsp3) is 0.400. The van der Waals surface area contributed by atoms with E-state index < -0.39 is 5.97 Å². The lowest BCUT2D eigenvalue weighted by Gasteiger charge is -2.08. The van der Waals surface area contributed by atoms with Gasteiger partial charge in [-0.15, -0.1) is 0 Å². The molecular formula is C10H14N2O2. The summed E-state index contributed by atoms with van der Waals surface area (Å²) >= 11 is 0. The van der Waals surface area contributed by atoms with E-state index in [9.17, 15) is 4.79 Å². The first-order chi connectivity index (χ1) is 6.69. The standard InChI is InChI=1S/C10H14N2O2/c1-3-7(11)8-5-4-6-9(12-8)10(13)14-2/h4-7H,3,11H2,1-2H3/t7-/m1/s1. The lowest BCUT2D eigenvalue weighted by atomic mass is 10.1. The summed E-state index contributed by atoms with van der Waals surface area (Å²) < 4.78 is 4.56. The Morgan fingerprint density at radius 3 is 2.93 bits per heavy atom. The average Bonchev–Trinajstić information content (AvgIpc) is 2.27. The first kappa shape index (κ1) is 10.7. The van der Waals surface area contributed by atoms with Crippen molar-refractivity contribution in [1.29, 1.82) is 0 Å². The highest BCUT2D eigenvalue weighted by Crippen LogP contribution is 2.11. The number of pyridine rings is 1. The predicted octanol–water partition coefficient (Wildman–Crippen LogP) is 1.28. The maximum absolute atomic E-state index is 11.2. The molecule has 0 spiro atoms. The van der Waals surface area contributed by atoms with E-state index in [-0.39, 0.29) is 6.04 Å². The minimum atomic E-state index is -0.435. The summed E-state index contributed by atoms with van der Waals surface area (Å²) in [5.41, 5.74) is 6.81. The number of carbonyl (C=O) groups is 1. The van der Waals surface area contributed by atoms with Crippen LogP contribution >= 0.6 is 0 Å². The number of nitrogens with zero attached hydrogens (tertiary/aromatic N) is 1. The third-order valence-corrected chi connectivity index (χ3v) is 1.98. The van der Waals surface area contributed by atoms with E-state index in [1.165, 1.54) is 7.11 Å². The molecule has 2 N–H and O–H groups in total. The number of ether oxygens (including phenoxy) is 1. The Balaban J connectivity index is 2.95. The molecule has 76 valence electrons. The highest BCUT2D eigenvalue weighted by molar-refractivity contribution is 5.87. The molecule has 1 aromatic rings. The fourth-order valence-electron chi connectivity index (χ4n) is 1.09. The summed E-state index contributed by atoms with van der Waals surface area (Å²) in [6.07, 6.45) is 0.789. The molecule has 1 heterocycles.